The summed E-state index contributed by atoms with van der Waals surface area (Å²) >= 11 is 0. The maximum Gasteiger partial charge on any atom is 0.313 e. The molecule has 0 heterocycles. The Morgan fingerprint density at radius 2 is 1.69 bits per heavy atom. The third kappa shape index (κ3) is 4.53. The highest BCUT2D eigenvalue weighted by Gasteiger charge is 2.20. The van der Waals surface area contributed by atoms with Crippen molar-refractivity contribution in [2.45, 2.75) is 26.8 Å². The van der Waals surface area contributed by atoms with E-state index >= 15 is 0 Å². The van der Waals surface area contributed by atoms with E-state index in [1.165, 1.54) is 0 Å². The number of ether oxygens (including phenoxy) is 2. The van der Waals surface area contributed by atoms with Crippen molar-refractivity contribution in [3.05, 3.63) is 53.1 Å². The Bertz CT molecular complexity index is 817. The minimum absolute atomic E-state index is 0.409. The highest BCUT2D eigenvalue weighted by atomic mass is 16.5. The second-order valence-corrected chi connectivity index (χ2v) is 6.08. The molecule has 0 aliphatic carbocycles. The van der Waals surface area contributed by atoms with Crippen LogP contribution in [0.1, 0.15) is 29.7 Å². The van der Waals surface area contributed by atoms with Gasteiger partial charge in [0.25, 0.3) is 0 Å². The number of rotatable bonds is 5. The Labute approximate surface area is 153 Å². The number of hydrogen-bond acceptors (Lipinski definition) is 4. The van der Waals surface area contributed by atoms with Gasteiger partial charge in [0, 0.05) is 17.3 Å². The predicted molar refractivity (Wildman–Crippen MR) is 101 cm³/mol. The lowest BCUT2D eigenvalue weighted by Gasteiger charge is -2.18. The van der Waals surface area contributed by atoms with Crippen LogP contribution in [0.5, 0.6) is 11.5 Å². The first kappa shape index (κ1) is 19.3. The van der Waals surface area contributed by atoms with Gasteiger partial charge in [0.1, 0.15) is 11.5 Å². The van der Waals surface area contributed by atoms with Crippen molar-refractivity contribution >= 4 is 17.5 Å². The number of nitrogens with one attached hydrogen (secondary N) is 2. The van der Waals surface area contributed by atoms with Gasteiger partial charge in [-0.05, 0) is 44.5 Å². The minimum Gasteiger partial charge on any atom is -0.497 e. The molecule has 0 aliphatic heterocycles. The SMILES string of the molecule is COc1ccc([C@H](C)NC(=O)C(=O)Nc2ccc(C)cc2C)c(OC)c1. The molecule has 0 unspecified atom stereocenters. The summed E-state index contributed by atoms with van der Waals surface area (Å²) < 4.78 is 10.5. The van der Waals surface area contributed by atoms with E-state index in [1.807, 2.05) is 26.0 Å². The molecule has 0 radical (unpaired) electrons. The molecule has 2 rings (SSSR count). The van der Waals surface area contributed by atoms with E-state index in [0.29, 0.717) is 17.2 Å². The highest BCUT2D eigenvalue weighted by Crippen LogP contribution is 2.29. The smallest absolute Gasteiger partial charge is 0.313 e. The van der Waals surface area contributed by atoms with Gasteiger partial charge in [0.2, 0.25) is 0 Å². The van der Waals surface area contributed by atoms with Crippen molar-refractivity contribution in [1.82, 2.24) is 5.32 Å². The van der Waals surface area contributed by atoms with E-state index in [1.54, 1.807) is 45.4 Å². The third-order valence-electron chi connectivity index (χ3n) is 4.09. The number of anilines is 1. The lowest BCUT2D eigenvalue weighted by molar-refractivity contribution is -0.136. The van der Waals surface area contributed by atoms with Crippen LogP contribution < -0.4 is 20.1 Å². The molecule has 0 spiro atoms. The summed E-state index contributed by atoms with van der Waals surface area (Å²) in [7, 11) is 3.11. The molecule has 2 amide bonds. The standard InChI is InChI=1S/C20H24N2O4/c1-12-6-9-17(13(2)10-12)22-20(24)19(23)21-14(3)16-8-7-15(25-4)11-18(16)26-5/h6-11,14H,1-5H3,(H,21,23)(H,22,24)/t14-/m0/s1. The number of carbonyl (C=O) groups is 2. The molecule has 6 heteroatoms. The van der Waals surface area contributed by atoms with Crippen LogP contribution in [0.25, 0.3) is 0 Å². The average Bonchev–Trinajstić information content (AvgIpc) is 2.63. The van der Waals surface area contributed by atoms with Crippen LogP contribution in [0, 0.1) is 13.8 Å². The molecule has 0 saturated heterocycles. The molecular weight excluding hydrogens is 332 g/mol. The monoisotopic (exact) mass is 356 g/mol. The number of amides is 2. The van der Waals surface area contributed by atoms with Crippen LogP contribution in [0.4, 0.5) is 5.69 Å². The molecule has 2 aromatic rings. The summed E-state index contributed by atoms with van der Waals surface area (Å²) in [5.74, 6) is -0.199. The Kier molecular flexibility index (Phi) is 6.22. The fraction of sp³-hybridized carbons (Fsp3) is 0.300. The predicted octanol–water partition coefficient (Wildman–Crippen LogP) is 3.14. The Balaban J connectivity index is 2.07. The lowest BCUT2D eigenvalue weighted by Crippen LogP contribution is -2.37. The second kappa shape index (κ2) is 8.38. The van der Waals surface area contributed by atoms with Crippen molar-refractivity contribution in [1.29, 1.82) is 0 Å². The zero-order chi connectivity index (χ0) is 19.3. The summed E-state index contributed by atoms with van der Waals surface area (Å²) in [5, 5.41) is 5.33. The van der Waals surface area contributed by atoms with Crippen LogP contribution >= 0.6 is 0 Å². The van der Waals surface area contributed by atoms with Crippen molar-refractivity contribution in [2.75, 3.05) is 19.5 Å². The largest absolute Gasteiger partial charge is 0.497 e. The van der Waals surface area contributed by atoms with Gasteiger partial charge >= 0.3 is 11.8 Å². The molecule has 2 aromatic carbocycles. The van der Waals surface area contributed by atoms with E-state index in [0.717, 1.165) is 16.7 Å². The van der Waals surface area contributed by atoms with Gasteiger partial charge in [-0.2, -0.15) is 0 Å². The Hall–Kier alpha value is -3.02. The Morgan fingerprint density at radius 1 is 0.962 bits per heavy atom. The molecule has 0 saturated carbocycles. The number of carbonyl (C=O) groups excluding carboxylic acids is 2. The summed E-state index contributed by atoms with van der Waals surface area (Å²) in [6, 6.07) is 10.5. The normalized spacial score (nSPS) is 11.4. The molecular formula is C20H24N2O4. The molecule has 0 fully saturated rings. The van der Waals surface area contributed by atoms with Crippen LogP contribution in [0.2, 0.25) is 0 Å². The zero-order valence-electron chi connectivity index (χ0n) is 15.7. The second-order valence-electron chi connectivity index (χ2n) is 6.08. The van der Waals surface area contributed by atoms with E-state index in [2.05, 4.69) is 10.6 Å². The van der Waals surface area contributed by atoms with Gasteiger partial charge < -0.3 is 20.1 Å². The van der Waals surface area contributed by atoms with Gasteiger partial charge in [-0.1, -0.05) is 17.7 Å². The fourth-order valence-electron chi connectivity index (χ4n) is 2.65. The van der Waals surface area contributed by atoms with E-state index in [9.17, 15) is 9.59 Å². The number of aryl methyl sites for hydroxylation is 2. The van der Waals surface area contributed by atoms with Gasteiger partial charge in [-0.25, -0.2) is 0 Å². The van der Waals surface area contributed by atoms with Gasteiger partial charge in [-0.15, -0.1) is 0 Å². The van der Waals surface area contributed by atoms with Gasteiger partial charge in [0.05, 0.1) is 20.3 Å². The first-order valence-electron chi connectivity index (χ1n) is 8.26. The van der Waals surface area contributed by atoms with Crippen LogP contribution in [0.15, 0.2) is 36.4 Å². The molecule has 138 valence electrons. The average molecular weight is 356 g/mol. The molecule has 26 heavy (non-hydrogen) atoms. The summed E-state index contributed by atoms with van der Waals surface area (Å²) in [5.41, 5.74) is 3.35. The van der Waals surface area contributed by atoms with E-state index in [4.69, 9.17) is 9.47 Å². The molecule has 2 N–H and O–H groups in total. The minimum atomic E-state index is -0.713. The third-order valence-corrected chi connectivity index (χ3v) is 4.09. The van der Waals surface area contributed by atoms with Gasteiger partial charge in [-0.3, -0.25) is 9.59 Å². The van der Waals surface area contributed by atoms with E-state index in [-0.39, 0.29) is 0 Å². The van der Waals surface area contributed by atoms with Crippen molar-refractivity contribution in [3.8, 4) is 11.5 Å². The lowest BCUT2D eigenvalue weighted by atomic mass is 10.1. The highest BCUT2D eigenvalue weighted by molar-refractivity contribution is 6.39. The number of hydrogen-bond donors (Lipinski definition) is 2. The molecule has 6 nitrogen and oxygen atoms in total. The van der Waals surface area contributed by atoms with Crippen LogP contribution in [-0.2, 0) is 9.59 Å². The number of methoxy groups -OCH3 is 2. The maximum atomic E-state index is 12.2. The summed E-state index contributed by atoms with van der Waals surface area (Å²) in [6.45, 7) is 5.63. The fourth-order valence-corrected chi connectivity index (χ4v) is 2.65. The van der Waals surface area contributed by atoms with Crippen LogP contribution in [-0.4, -0.2) is 26.0 Å². The molecule has 0 bridgehead atoms. The first-order valence-corrected chi connectivity index (χ1v) is 8.26. The molecule has 0 aliphatic rings. The zero-order valence-corrected chi connectivity index (χ0v) is 15.7. The Morgan fingerprint density at radius 3 is 2.31 bits per heavy atom. The molecule has 1 atom stereocenters. The topological polar surface area (TPSA) is 76.7 Å². The first-order chi connectivity index (χ1) is 12.3. The summed E-state index contributed by atoms with van der Waals surface area (Å²) in [4.78, 5) is 24.4. The van der Waals surface area contributed by atoms with E-state index < -0.39 is 17.9 Å². The quantitative estimate of drug-likeness (QED) is 0.807. The number of benzene rings is 2. The van der Waals surface area contributed by atoms with Gasteiger partial charge in [0.15, 0.2) is 0 Å². The van der Waals surface area contributed by atoms with Crippen molar-refractivity contribution < 1.29 is 19.1 Å². The summed E-state index contributed by atoms with van der Waals surface area (Å²) in [6.07, 6.45) is 0. The molecule has 0 aromatic heterocycles. The maximum absolute atomic E-state index is 12.2. The van der Waals surface area contributed by atoms with Crippen molar-refractivity contribution in [3.63, 3.8) is 0 Å². The van der Waals surface area contributed by atoms with Crippen molar-refractivity contribution in [2.24, 2.45) is 0 Å². The van der Waals surface area contributed by atoms with Crippen LogP contribution in [0.3, 0.4) is 0 Å².